The maximum atomic E-state index is 13.2. The van der Waals surface area contributed by atoms with Crippen LogP contribution in [0.1, 0.15) is 24.0 Å². The number of carbonyl (C=O) groups excluding carboxylic acids is 3. The SMILES string of the molecule is O=C(CN1C(=O)N(Cc2ccccc2)C(=O)C2NCCCC21)NCCc1ccccc1. The normalized spacial score (nSPS) is 21.0. The third kappa shape index (κ3) is 4.94. The van der Waals surface area contributed by atoms with Gasteiger partial charge in [-0.25, -0.2) is 4.79 Å². The van der Waals surface area contributed by atoms with Gasteiger partial charge in [-0.05, 0) is 36.9 Å². The lowest BCUT2D eigenvalue weighted by Gasteiger charge is -2.46. The fraction of sp³-hybridized carbons (Fsp3) is 0.375. The van der Waals surface area contributed by atoms with Gasteiger partial charge in [0.25, 0.3) is 0 Å². The lowest BCUT2D eigenvalue weighted by Crippen LogP contribution is -2.70. The van der Waals surface area contributed by atoms with E-state index in [0.717, 1.165) is 30.5 Å². The monoisotopic (exact) mass is 420 g/mol. The van der Waals surface area contributed by atoms with Crippen molar-refractivity contribution in [1.82, 2.24) is 20.4 Å². The molecule has 2 atom stereocenters. The highest BCUT2D eigenvalue weighted by Gasteiger charge is 2.47. The van der Waals surface area contributed by atoms with Gasteiger partial charge >= 0.3 is 6.03 Å². The van der Waals surface area contributed by atoms with Crippen molar-refractivity contribution in [1.29, 1.82) is 0 Å². The molecule has 2 aromatic rings. The van der Waals surface area contributed by atoms with Crippen LogP contribution in [0.3, 0.4) is 0 Å². The zero-order valence-corrected chi connectivity index (χ0v) is 17.5. The molecule has 0 saturated carbocycles. The topological polar surface area (TPSA) is 81.8 Å². The van der Waals surface area contributed by atoms with Crippen LogP contribution in [0.15, 0.2) is 60.7 Å². The van der Waals surface area contributed by atoms with Crippen LogP contribution in [-0.2, 0) is 22.6 Å². The Bertz CT molecular complexity index is 919. The molecule has 4 rings (SSSR count). The Morgan fingerprint density at radius 2 is 1.68 bits per heavy atom. The first kappa shape index (κ1) is 21.1. The predicted molar refractivity (Wildman–Crippen MR) is 117 cm³/mol. The molecule has 0 radical (unpaired) electrons. The van der Waals surface area contributed by atoms with E-state index in [1.54, 1.807) is 4.90 Å². The molecule has 0 bridgehead atoms. The second-order valence-corrected chi connectivity index (χ2v) is 8.05. The average molecular weight is 421 g/mol. The van der Waals surface area contributed by atoms with Crippen LogP contribution in [0.5, 0.6) is 0 Å². The van der Waals surface area contributed by atoms with Crippen LogP contribution in [0, 0.1) is 0 Å². The van der Waals surface area contributed by atoms with Crippen molar-refractivity contribution in [2.45, 2.75) is 37.9 Å². The van der Waals surface area contributed by atoms with Crippen LogP contribution in [-0.4, -0.2) is 59.4 Å². The van der Waals surface area contributed by atoms with Crippen molar-refractivity contribution < 1.29 is 14.4 Å². The molecule has 2 aromatic carbocycles. The summed E-state index contributed by atoms with van der Waals surface area (Å²) in [4.78, 5) is 41.8. The Kier molecular flexibility index (Phi) is 6.62. The number of rotatable bonds is 7. The van der Waals surface area contributed by atoms with Crippen molar-refractivity contribution in [3.8, 4) is 0 Å². The minimum atomic E-state index is -0.465. The molecule has 2 fully saturated rings. The molecule has 31 heavy (non-hydrogen) atoms. The molecule has 0 spiro atoms. The van der Waals surface area contributed by atoms with Gasteiger partial charge in [0.05, 0.1) is 12.6 Å². The van der Waals surface area contributed by atoms with Crippen LogP contribution >= 0.6 is 0 Å². The molecular weight excluding hydrogens is 392 g/mol. The highest BCUT2D eigenvalue weighted by atomic mass is 16.2. The van der Waals surface area contributed by atoms with E-state index in [4.69, 9.17) is 0 Å². The van der Waals surface area contributed by atoms with Crippen molar-refractivity contribution >= 4 is 17.8 Å². The number of fused-ring (bicyclic) bond motifs is 1. The summed E-state index contributed by atoms with van der Waals surface area (Å²) in [6, 6.07) is 18.2. The Morgan fingerprint density at radius 3 is 2.39 bits per heavy atom. The van der Waals surface area contributed by atoms with Gasteiger partial charge in [0.1, 0.15) is 12.6 Å². The van der Waals surface area contributed by atoms with Gasteiger partial charge in [-0.2, -0.15) is 0 Å². The third-order valence-corrected chi connectivity index (χ3v) is 5.91. The van der Waals surface area contributed by atoms with Gasteiger partial charge < -0.3 is 15.5 Å². The molecule has 2 unspecified atom stereocenters. The van der Waals surface area contributed by atoms with E-state index in [1.807, 2.05) is 60.7 Å². The maximum absolute atomic E-state index is 13.2. The number of hydrogen-bond donors (Lipinski definition) is 2. The van der Waals surface area contributed by atoms with Gasteiger partial charge in [-0.1, -0.05) is 60.7 Å². The van der Waals surface area contributed by atoms with E-state index in [1.165, 1.54) is 4.90 Å². The minimum absolute atomic E-state index is 0.0466. The van der Waals surface area contributed by atoms with Crippen molar-refractivity contribution in [3.05, 3.63) is 71.8 Å². The first-order valence-corrected chi connectivity index (χ1v) is 10.8. The number of urea groups is 1. The smallest absolute Gasteiger partial charge is 0.327 e. The largest absolute Gasteiger partial charge is 0.354 e. The number of nitrogens with zero attached hydrogens (tertiary/aromatic N) is 2. The van der Waals surface area contributed by atoms with Gasteiger partial charge in [0, 0.05) is 6.54 Å². The molecule has 7 heteroatoms. The van der Waals surface area contributed by atoms with E-state index in [9.17, 15) is 14.4 Å². The zero-order valence-electron chi connectivity index (χ0n) is 17.5. The number of carbonyl (C=O) groups is 3. The van der Waals surface area contributed by atoms with Crippen molar-refractivity contribution in [3.63, 3.8) is 0 Å². The third-order valence-electron chi connectivity index (χ3n) is 5.91. The highest BCUT2D eigenvalue weighted by Crippen LogP contribution is 2.25. The standard InChI is InChI=1S/C24H28N4O3/c29-21(25-15-13-18-8-3-1-4-9-18)17-27-20-12-7-14-26-22(20)23(30)28(24(27)31)16-19-10-5-2-6-11-19/h1-6,8-11,20,22,26H,7,12-17H2,(H,25,29). The molecule has 2 heterocycles. The van der Waals surface area contributed by atoms with Crippen molar-refractivity contribution in [2.75, 3.05) is 19.6 Å². The Balaban J connectivity index is 1.43. The first-order valence-electron chi connectivity index (χ1n) is 10.8. The van der Waals surface area contributed by atoms with Crippen LogP contribution in [0.4, 0.5) is 4.79 Å². The van der Waals surface area contributed by atoms with Gasteiger partial charge in [-0.15, -0.1) is 0 Å². The maximum Gasteiger partial charge on any atom is 0.327 e. The molecule has 2 aliphatic heterocycles. The van der Waals surface area contributed by atoms with E-state index < -0.39 is 12.1 Å². The quantitative estimate of drug-likeness (QED) is 0.717. The van der Waals surface area contributed by atoms with E-state index in [2.05, 4.69) is 10.6 Å². The fourth-order valence-corrected chi connectivity index (χ4v) is 4.32. The molecular formula is C24H28N4O3. The van der Waals surface area contributed by atoms with Gasteiger partial charge in [0.2, 0.25) is 11.8 Å². The first-order chi connectivity index (χ1) is 15.1. The molecule has 2 N–H and O–H groups in total. The van der Waals surface area contributed by atoms with Crippen LogP contribution < -0.4 is 10.6 Å². The molecule has 162 valence electrons. The summed E-state index contributed by atoms with van der Waals surface area (Å²) in [7, 11) is 0. The summed E-state index contributed by atoms with van der Waals surface area (Å²) in [6.07, 6.45) is 2.31. The van der Waals surface area contributed by atoms with Gasteiger partial charge in [0.15, 0.2) is 0 Å². The Morgan fingerprint density at radius 1 is 1.00 bits per heavy atom. The number of benzene rings is 2. The van der Waals surface area contributed by atoms with E-state index in [0.29, 0.717) is 13.0 Å². The Labute approximate surface area is 182 Å². The Hall–Kier alpha value is -3.19. The molecule has 7 nitrogen and oxygen atoms in total. The molecule has 0 aliphatic carbocycles. The summed E-state index contributed by atoms with van der Waals surface area (Å²) in [5.41, 5.74) is 2.03. The van der Waals surface area contributed by atoms with Crippen LogP contribution in [0.2, 0.25) is 0 Å². The second-order valence-electron chi connectivity index (χ2n) is 8.05. The van der Waals surface area contributed by atoms with E-state index >= 15 is 0 Å². The predicted octanol–water partition coefficient (Wildman–Crippen LogP) is 1.93. The summed E-state index contributed by atoms with van der Waals surface area (Å²) in [5, 5.41) is 6.17. The number of nitrogens with one attached hydrogen (secondary N) is 2. The summed E-state index contributed by atoms with van der Waals surface area (Å²) < 4.78 is 0. The number of hydrogen-bond acceptors (Lipinski definition) is 4. The number of imide groups is 1. The molecule has 0 aromatic heterocycles. The average Bonchev–Trinajstić information content (AvgIpc) is 2.81. The van der Waals surface area contributed by atoms with Crippen molar-refractivity contribution in [2.24, 2.45) is 0 Å². The summed E-state index contributed by atoms with van der Waals surface area (Å²) in [6.45, 7) is 1.39. The minimum Gasteiger partial charge on any atom is -0.354 e. The fourth-order valence-electron chi connectivity index (χ4n) is 4.32. The summed E-state index contributed by atoms with van der Waals surface area (Å²) >= 11 is 0. The van der Waals surface area contributed by atoms with Gasteiger partial charge in [-0.3, -0.25) is 14.5 Å². The highest BCUT2D eigenvalue weighted by molar-refractivity contribution is 6.01. The van der Waals surface area contributed by atoms with Crippen LogP contribution in [0.25, 0.3) is 0 Å². The lowest BCUT2D eigenvalue weighted by molar-refractivity contribution is -0.139. The zero-order chi connectivity index (χ0) is 21.6. The molecule has 2 saturated heterocycles. The molecule has 4 amide bonds. The number of piperidine rings is 1. The van der Waals surface area contributed by atoms with E-state index in [-0.39, 0.29) is 30.9 Å². The number of amides is 4. The summed E-state index contributed by atoms with van der Waals surface area (Å²) in [5.74, 6) is -0.415. The second kappa shape index (κ2) is 9.75. The lowest BCUT2D eigenvalue weighted by atomic mass is 9.93. The molecule has 2 aliphatic rings.